The van der Waals surface area contributed by atoms with Gasteiger partial charge in [0.15, 0.2) is 0 Å². The Morgan fingerprint density at radius 2 is 2.10 bits per heavy atom. The molecule has 2 aromatic rings. The SMILES string of the molecule is CCc1nn(C)c(CC(NC)c2cccc(Br)c2F)c1Br. The molecule has 0 spiro atoms. The van der Waals surface area contributed by atoms with Crippen LogP contribution in [0.5, 0.6) is 0 Å². The van der Waals surface area contributed by atoms with Crippen LogP contribution in [0.15, 0.2) is 27.1 Å². The van der Waals surface area contributed by atoms with Crippen molar-refractivity contribution in [2.45, 2.75) is 25.8 Å². The van der Waals surface area contributed by atoms with E-state index in [4.69, 9.17) is 0 Å². The second-order valence-corrected chi connectivity index (χ2v) is 6.52. The number of nitrogens with one attached hydrogen (secondary N) is 1. The molecule has 0 amide bonds. The molecule has 0 aliphatic carbocycles. The Bertz CT molecular complexity index is 640. The molecule has 0 radical (unpaired) electrons. The van der Waals surface area contributed by atoms with Crippen molar-refractivity contribution in [3.8, 4) is 0 Å². The first kappa shape index (κ1) is 16.6. The minimum atomic E-state index is -0.217. The Hall–Kier alpha value is -0.720. The number of likely N-dealkylation sites (N-methyl/N-ethyl adjacent to an activating group) is 1. The van der Waals surface area contributed by atoms with Gasteiger partial charge >= 0.3 is 0 Å². The van der Waals surface area contributed by atoms with Gasteiger partial charge in [0.05, 0.1) is 20.3 Å². The van der Waals surface area contributed by atoms with E-state index in [1.165, 1.54) is 0 Å². The molecular weight excluding hydrogens is 401 g/mol. The standard InChI is InChI=1S/C15H18Br2FN3/c1-4-11-14(17)13(21(3)20-11)8-12(19-2)9-6-5-7-10(16)15(9)18/h5-7,12,19H,4,8H2,1-3H3. The van der Waals surface area contributed by atoms with E-state index in [0.29, 0.717) is 16.5 Å². The third kappa shape index (κ3) is 3.38. The number of aromatic nitrogens is 2. The average Bonchev–Trinajstić information content (AvgIpc) is 2.74. The van der Waals surface area contributed by atoms with Gasteiger partial charge in [-0.1, -0.05) is 19.1 Å². The van der Waals surface area contributed by atoms with Crippen molar-refractivity contribution in [1.82, 2.24) is 15.1 Å². The summed E-state index contributed by atoms with van der Waals surface area (Å²) in [4.78, 5) is 0. The molecule has 3 nitrogen and oxygen atoms in total. The summed E-state index contributed by atoms with van der Waals surface area (Å²) in [6, 6.07) is 5.26. The zero-order valence-corrected chi connectivity index (χ0v) is 15.4. The summed E-state index contributed by atoms with van der Waals surface area (Å²) in [7, 11) is 3.76. The maximum atomic E-state index is 14.3. The summed E-state index contributed by atoms with van der Waals surface area (Å²) in [6.07, 6.45) is 1.53. The van der Waals surface area contributed by atoms with E-state index in [1.807, 2.05) is 30.9 Å². The van der Waals surface area contributed by atoms with Gasteiger partial charge in [0.25, 0.3) is 0 Å². The summed E-state index contributed by atoms with van der Waals surface area (Å²) in [5, 5.41) is 7.68. The van der Waals surface area contributed by atoms with E-state index >= 15 is 0 Å². The highest BCUT2D eigenvalue weighted by atomic mass is 79.9. The summed E-state index contributed by atoms with van der Waals surface area (Å²) in [5.74, 6) is -0.217. The second kappa shape index (κ2) is 7.03. The third-order valence-electron chi connectivity index (χ3n) is 3.61. The van der Waals surface area contributed by atoms with Gasteiger partial charge in [-0.2, -0.15) is 5.10 Å². The summed E-state index contributed by atoms with van der Waals surface area (Å²) in [5.41, 5.74) is 2.74. The maximum absolute atomic E-state index is 14.3. The van der Waals surface area contributed by atoms with Crippen molar-refractivity contribution >= 4 is 31.9 Å². The Kier molecular flexibility index (Phi) is 5.57. The van der Waals surface area contributed by atoms with Crippen LogP contribution in [0.4, 0.5) is 4.39 Å². The van der Waals surface area contributed by atoms with Gasteiger partial charge < -0.3 is 5.32 Å². The number of aryl methyl sites for hydroxylation is 2. The van der Waals surface area contributed by atoms with Crippen LogP contribution in [0.25, 0.3) is 0 Å². The predicted octanol–water partition coefficient (Wildman–Crippen LogP) is 4.15. The molecule has 1 aromatic heterocycles. The molecule has 2 rings (SSSR count). The summed E-state index contributed by atoms with van der Waals surface area (Å²) in [6.45, 7) is 2.07. The molecule has 1 unspecified atom stereocenters. The lowest BCUT2D eigenvalue weighted by Crippen LogP contribution is -2.21. The maximum Gasteiger partial charge on any atom is 0.142 e. The lowest BCUT2D eigenvalue weighted by atomic mass is 10.0. The third-order valence-corrected chi connectivity index (χ3v) is 5.13. The predicted molar refractivity (Wildman–Crippen MR) is 89.9 cm³/mol. The molecule has 0 fully saturated rings. The monoisotopic (exact) mass is 417 g/mol. The van der Waals surface area contributed by atoms with Gasteiger partial charge in [0.2, 0.25) is 0 Å². The molecule has 0 saturated carbocycles. The molecule has 1 heterocycles. The fraction of sp³-hybridized carbons (Fsp3) is 0.400. The van der Waals surface area contributed by atoms with E-state index in [9.17, 15) is 4.39 Å². The average molecular weight is 419 g/mol. The Balaban J connectivity index is 2.36. The number of halogens is 3. The molecule has 114 valence electrons. The lowest BCUT2D eigenvalue weighted by molar-refractivity contribution is 0.516. The Morgan fingerprint density at radius 3 is 2.67 bits per heavy atom. The largest absolute Gasteiger partial charge is 0.313 e. The van der Waals surface area contributed by atoms with Gasteiger partial charge in [-0.3, -0.25) is 4.68 Å². The van der Waals surface area contributed by atoms with Gasteiger partial charge in [-0.25, -0.2) is 4.39 Å². The van der Waals surface area contributed by atoms with Crippen molar-refractivity contribution in [3.63, 3.8) is 0 Å². The normalized spacial score (nSPS) is 12.7. The molecule has 0 aliphatic rings. The molecule has 1 atom stereocenters. The molecule has 0 saturated heterocycles. The number of nitrogens with zero attached hydrogens (tertiary/aromatic N) is 2. The van der Waals surface area contributed by atoms with Crippen LogP contribution in [0.3, 0.4) is 0 Å². The van der Waals surface area contributed by atoms with Crippen molar-refractivity contribution in [3.05, 3.63) is 49.9 Å². The molecule has 21 heavy (non-hydrogen) atoms. The fourth-order valence-electron chi connectivity index (χ4n) is 2.39. The van der Waals surface area contributed by atoms with E-state index in [0.717, 1.165) is 22.3 Å². The quantitative estimate of drug-likeness (QED) is 0.790. The Labute approximate surface area is 141 Å². The van der Waals surface area contributed by atoms with Crippen LogP contribution in [0.2, 0.25) is 0 Å². The first-order chi connectivity index (χ1) is 9.99. The molecule has 1 N–H and O–H groups in total. The molecule has 0 bridgehead atoms. The zero-order valence-electron chi connectivity index (χ0n) is 12.3. The summed E-state index contributed by atoms with van der Waals surface area (Å²) >= 11 is 6.86. The van der Waals surface area contributed by atoms with Crippen LogP contribution in [-0.2, 0) is 19.9 Å². The van der Waals surface area contributed by atoms with Gasteiger partial charge in [0, 0.05) is 25.1 Å². The topological polar surface area (TPSA) is 29.9 Å². The fourth-order valence-corrected chi connectivity index (χ4v) is 3.55. The highest BCUT2D eigenvalue weighted by Gasteiger charge is 2.21. The Morgan fingerprint density at radius 1 is 1.38 bits per heavy atom. The number of hydrogen-bond donors (Lipinski definition) is 1. The number of rotatable bonds is 5. The molecule has 0 aliphatic heterocycles. The van der Waals surface area contributed by atoms with Crippen LogP contribution in [-0.4, -0.2) is 16.8 Å². The highest BCUT2D eigenvalue weighted by molar-refractivity contribution is 9.10. The number of hydrogen-bond acceptors (Lipinski definition) is 2. The van der Waals surface area contributed by atoms with E-state index in [-0.39, 0.29) is 11.9 Å². The van der Waals surface area contributed by atoms with E-state index in [2.05, 4.69) is 49.2 Å². The van der Waals surface area contributed by atoms with Crippen molar-refractivity contribution in [1.29, 1.82) is 0 Å². The highest BCUT2D eigenvalue weighted by Crippen LogP contribution is 2.29. The second-order valence-electron chi connectivity index (χ2n) is 4.87. The smallest absolute Gasteiger partial charge is 0.142 e. The first-order valence-electron chi connectivity index (χ1n) is 6.81. The van der Waals surface area contributed by atoms with Crippen LogP contribution < -0.4 is 5.32 Å². The van der Waals surface area contributed by atoms with Crippen molar-refractivity contribution in [2.24, 2.45) is 7.05 Å². The summed E-state index contributed by atoms with van der Waals surface area (Å²) < 4.78 is 17.7. The van der Waals surface area contributed by atoms with Gasteiger partial charge in [-0.05, 0) is 51.4 Å². The zero-order chi connectivity index (χ0) is 15.6. The molecular formula is C15H18Br2FN3. The van der Waals surface area contributed by atoms with Crippen LogP contribution >= 0.6 is 31.9 Å². The van der Waals surface area contributed by atoms with Crippen LogP contribution in [0.1, 0.15) is 29.9 Å². The van der Waals surface area contributed by atoms with Crippen LogP contribution in [0, 0.1) is 5.82 Å². The molecule has 6 heteroatoms. The minimum absolute atomic E-state index is 0.112. The minimum Gasteiger partial charge on any atom is -0.313 e. The van der Waals surface area contributed by atoms with Gasteiger partial charge in [-0.15, -0.1) is 0 Å². The van der Waals surface area contributed by atoms with E-state index < -0.39 is 0 Å². The molecule has 1 aromatic carbocycles. The number of benzene rings is 1. The van der Waals surface area contributed by atoms with E-state index in [1.54, 1.807) is 6.07 Å². The van der Waals surface area contributed by atoms with Gasteiger partial charge in [0.1, 0.15) is 5.82 Å². The first-order valence-corrected chi connectivity index (χ1v) is 8.39. The van der Waals surface area contributed by atoms with Crippen molar-refractivity contribution < 1.29 is 4.39 Å². The van der Waals surface area contributed by atoms with Crippen molar-refractivity contribution in [2.75, 3.05) is 7.05 Å². The lowest BCUT2D eigenvalue weighted by Gasteiger charge is -2.18.